The fourth-order valence-electron chi connectivity index (χ4n) is 2.95. The van der Waals surface area contributed by atoms with E-state index in [1.54, 1.807) is 41.6 Å². The molecule has 2 heterocycles. The van der Waals surface area contributed by atoms with Crippen LogP contribution in [0.4, 0.5) is 0 Å². The number of nitriles is 1. The Balaban J connectivity index is 1.79. The van der Waals surface area contributed by atoms with Crippen molar-refractivity contribution in [3.63, 3.8) is 0 Å². The first-order chi connectivity index (χ1) is 11.2. The summed E-state index contributed by atoms with van der Waals surface area (Å²) < 4.78 is 0. The van der Waals surface area contributed by atoms with Crippen LogP contribution in [0.2, 0.25) is 0 Å². The molecule has 1 aromatic carbocycles. The summed E-state index contributed by atoms with van der Waals surface area (Å²) in [6, 6.07) is 12.2. The topological polar surface area (TPSA) is 77.2 Å². The van der Waals surface area contributed by atoms with Crippen LogP contribution in [0.25, 0.3) is 0 Å². The molecule has 0 unspecified atom stereocenters. The average Bonchev–Trinajstić information content (AvgIpc) is 2.96. The number of aliphatic hydroxyl groups excluding tert-OH is 1. The van der Waals surface area contributed by atoms with Crippen molar-refractivity contribution in [1.82, 2.24) is 9.88 Å². The first-order valence-electron chi connectivity index (χ1n) is 7.57. The van der Waals surface area contributed by atoms with Crippen LogP contribution in [0.5, 0.6) is 0 Å². The van der Waals surface area contributed by atoms with E-state index < -0.39 is 6.10 Å². The molecule has 2 atom stereocenters. The first-order valence-corrected chi connectivity index (χ1v) is 7.57. The van der Waals surface area contributed by atoms with Gasteiger partial charge in [-0.25, -0.2) is 0 Å². The van der Waals surface area contributed by atoms with E-state index in [1.165, 1.54) is 0 Å². The van der Waals surface area contributed by atoms with Gasteiger partial charge in [0.2, 0.25) is 0 Å². The number of rotatable bonds is 3. The fourth-order valence-corrected chi connectivity index (χ4v) is 2.95. The van der Waals surface area contributed by atoms with Gasteiger partial charge in [-0.05, 0) is 54.8 Å². The Bertz CT molecular complexity index is 722. The molecule has 1 aromatic heterocycles. The zero-order valence-electron chi connectivity index (χ0n) is 12.6. The zero-order valence-corrected chi connectivity index (χ0v) is 12.6. The van der Waals surface area contributed by atoms with Crippen LogP contribution in [0.1, 0.15) is 27.9 Å². The third-order valence-electron chi connectivity index (χ3n) is 4.23. The molecule has 0 radical (unpaired) electrons. The number of pyridine rings is 1. The van der Waals surface area contributed by atoms with Crippen LogP contribution in [0.3, 0.4) is 0 Å². The molecule has 1 N–H and O–H groups in total. The Hall–Kier alpha value is -2.71. The maximum Gasteiger partial charge on any atom is 0.254 e. The van der Waals surface area contributed by atoms with E-state index in [0.29, 0.717) is 30.5 Å². The van der Waals surface area contributed by atoms with Gasteiger partial charge in [-0.2, -0.15) is 5.26 Å². The van der Waals surface area contributed by atoms with E-state index >= 15 is 0 Å². The number of likely N-dealkylation sites (tertiary alicyclic amines) is 1. The average molecular weight is 307 g/mol. The molecule has 1 fully saturated rings. The van der Waals surface area contributed by atoms with E-state index in [2.05, 4.69) is 4.98 Å². The molecule has 3 rings (SSSR count). The molecule has 5 nitrogen and oxygen atoms in total. The molecule has 0 aliphatic carbocycles. The summed E-state index contributed by atoms with van der Waals surface area (Å²) in [6.07, 6.45) is 4.08. The number of carbonyl (C=O) groups excluding carboxylic acids is 1. The fraction of sp³-hybridized carbons (Fsp3) is 0.278. The summed E-state index contributed by atoms with van der Waals surface area (Å²) in [4.78, 5) is 18.4. The normalized spacial score (nSPS) is 20.3. The standard InChI is InChI=1S/C18H17N3O2/c19-12-14-1-3-15(4-2-14)18(23)21-10-7-17(22)16(21)11-13-5-8-20-9-6-13/h1-6,8-9,16-17,22H,7,10-11H2/t16-,17+/m0/s1. The highest BCUT2D eigenvalue weighted by atomic mass is 16.3. The second kappa shape index (κ2) is 6.59. The summed E-state index contributed by atoms with van der Waals surface area (Å²) in [5.74, 6) is -0.106. The van der Waals surface area contributed by atoms with Crippen LogP contribution in [0, 0.1) is 11.3 Å². The highest BCUT2D eigenvalue weighted by Crippen LogP contribution is 2.24. The predicted molar refractivity (Wildman–Crippen MR) is 84.5 cm³/mol. The number of carbonyl (C=O) groups is 1. The minimum Gasteiger partial charge on any atom is -0.391 e. The highest BCUT2D eigenvalue weighted by Gasteiger charge is 2.36. The second-order valence-electron chi connectivity index (χ2n) is 5.67. The molecular weight excluding hydrogens is 290 g/mol. The van der Waals surface area contributed by atoms with E-state index in [-0.39, 0.29) is 11.9 Å². The van der Waals surface area contributed by atoms with Crippen LogP contribution in [0.15, 0.2) is 48.8 Å². The van der Waals surface area contributed by atoms with Crippen LogP contribution >= 0.6 is 0 Å². The number of aliphatic hydroxyl groups is 1. The van der Waals surface area contributed by atoms with Gasteiger partial charge in [0.1, 0.15) is 0 Å². The summed E-state index contributed by atoms with van der Waals surface area (Å²) in [6.45, 7) is 0.537. The summed E-state index contributed by atoms with van der Waals surface area (Å²) in [7, 11) is 0. The quantitative estimate of drug-likeness (QED) is 0.937. The van der Waals surface area contributed by atoms with E-state index in [4.69, 9.17) is 5.26 Å². The third kappa shape index (κ3) is 3.22. The van der Waals surface area contributed by atoms with Gasteiger partial charge in [0.25, 0.3) is 5.91 Å². The molecule has 116 valence electrons. The van der Waals surface area contributed by atoms with Gasteiger partial charge >= 0.3 is 0 Å². The Kier molecular flexibility index (Phi) is 4.35. The van der Waals surface area contributed by atoms with Gasteiger partial charge in [0, 0.05) is 24.5 Å². The first kappa shape index (κ1) is 15.2. The maximum absolute atomic E-state index is 12.7. The van der Waals surface area contributed by atoms with E-state index in [9.17, 15) is 9.90 Å². The third-order valence-corrected chi connectivity index (χ3v) is 4.23. The molecular formula is C18H17N3O2. The Morgan fingerprint density at radius 1 is 1.26 bits per heavy atom. The Morgan fingerprint density at radius 2 is 1.96 bits per heavy atom. The highest BCUT2D eigenvalue weighted by molar-refractivity contribution is 5.94. The van der Waals surface area contributed by atoms with Crippen molar-refractivity contribution in [2.75, 3.05) is 6.54 Å². The lowest BCUT2D eigenvalue weighted by Gasteiger charge is -2.26. The van der Waals surface area contributed by atoms with Gasteiger partial charge in [-0.1, -0.05) is 0 Å². The Morgan fingerprint density at radius 3 is 2.61 bits per heavy atom. The lowest BCUT2D eigenvalue weighted by atomic mass is 10.0. The minimum absolute atomic E-state index is 0.106. The van der Waals surface area contributed by atoms with Crippen molar-refractivity contribution in [1.29, 1.82) is 5.26 Å². The Labute approximate surface area is 134 Å². The molecule has 0 saturated carbocycles. The van der Waals surface area contributed by atoms with Gasteiger partial charge in [0.05, 0.1) is 23.8 Å². The molecule has 1 amide bonds. The molecule has 1 aliphatic heterocycles. The van der Waals surface area contributed by atoms with Crippen molar-refractivity contribution in [3.05, 3.63) is 65.5 Å². The number of aromatic nitrogens is 1. The number of nitrogens with zero attached hydrogens (tertiary/aromatic N) is 3. The largest absolute Gasteiger partial charge is 0.391 e. The monoisotopic (exact) mass is 307 g/mol. The molecule has 1 aliphatic rings. The van der Waals surface area contributed by atoms with E-state index in [1.807, 2.05) is 18.2 Å². The van der Waals surface area contributed by atoms with Crippen LogP contribution in [-0.2, 0) is 6.42 Å². The predicted octanol–water partition coefficient (Wildman–Crippen LogP) is 1.77. The number of hydrogen-bond donors (Lipinski definition) is 1. The summed E-state index contributed by atoms with van der Waals surface area (Å²) >= 11 is 0. The summed E-state index contributed by atoms with van der Waals surface area (Å²) in [5, 5.41) is 19.1. The smallest absolute Gasteiger partial charge is 0.254 e. The van der Waals surface area contributed by atoms with Crippen molar-refractivity contribution < 1.29 is 9.90 Å². The van der Waals surface area contributed by atoms with Gasteiger partial charge < -0.3 is 10.0 Å². The molecule has 0 bridgehead atoms. The van der Waals surface area contributed by atoms with Crippen LogP contribution in [-0.4, -0.2) is 39.6 Å². The molecule has 0 spiro atoms. The van der Waals surface area contributed by atoms with Crippen molar-refractivity contribution in [2.24, 2.45) is 0 Å². The summed E-state index contributed by atoms with van der Waals surface area (Å²) in [5.41, 5.74) is 2.11. The van der Waals surface area contributed by atoms with Gasteiger partial charge in [-0.3, -0.25) is 9.78 Å². The molecule has 5 heteroatoms. The van der Waals surface area contributed by atoms with Gasteiger partial charge in [0.15, 0.2) is 0 Å². The minimum atomic E-state index is -0.523. The molecule has 2 aromatic rings. The van der Waals surface area contributed by atoms with E-state index in [0.717, 1.165) is 5.56 Å². The molecule has 23 heavy (non-hydrogen) atoms. The second-order valence-corrected chi connectivity index (χ2v) is 5.67. The lowest BCUT2D eigenvalue weighted by Crippen LogP contribution is -2.41. The van der Waals surface area contributed by atoms with Crippen LogP contribution < -0.4 is 0 Å². The molecule has 1 saturated heterocycles. The zero-order chi connectivity index (χ0) is 16.2. The maximum atomic E-state index is 12.7. The van der Waals surface area contributed by atoms with Gasteiger partial charge in [-0.15, -0.1) is 0 Å². The SMILES string of the molecule is N#Cc1ccc(C(=O)N2CC[C@@H](O)[C@@H]2Cc2ccncc2)cc1. The number of benzene rings is 1. The van der Waals surface area contributed by atoms with Crippen molar-refractivity contribution in [3.8, 4) is 6.07 Å². The van der Waals surface area contributed by atoms with Crippen molar-refractivity contribution in [2.45, 2.75) is 25.0 Å². The lowest BCUT2D eigenvalue weighted by molar-refractivity contribution is 0.0640. The number of amides is 1. The van der Waals surface area contributed by atoms with Crippen molar-refractivity contribution >= 4 is 5.91 Å². The number of hydrogen-bond acceptors (Lipinski definition) is 4.